The third kappa shape index (κ3) is 1.78. The molecule has 2 N–H and O–H groups in total. The predicted molar refractivity (Wildman–Crippen MR) is 69.4 cm³/mol. The van der Waals surface area contributed by atoms with Gasteiger partial charge in [0.15, 0.2) is 17.0 Å². The Bertz CT molecular complexity index is 596. The molecule has 1 atom stereocenters. The summed E-state index contributed by atoms with van der Waals surface area (Å²) < 4.78 is 0. The summed E-state index contributed by atoms with van der Waals surface area (Å²) in [5, 5.41) is 0. The molecule has 6 nitrogen and oxygen atoms in total. The largest absolute Gasteiger partial charge is 0.353 e. The summed E-state index contributed by atoms with van der Waals surface area (Å²) in [6.07, 6.45) is 2.54. The Morgan fingerprint density at radius 1 is 1.22 bits per heavy atom. The molecule has 6 heteroatoms. The number of fused-ring (bicyclic) bond motifs is 1. The van der Waals surface area contributed by atoms with Gasteiger partial charge in [0.2, 0.25) is 0 Å². The Hall–Kier alpha value is -1.82. The molecule has 1 unspecified atom stereocenters. The van der Waals surface area contributed by atoms with Crippen molar-refractivity contribution in [2.24, 2.45) is 5.73 Å². The predicted octanol–water partition coefficient (Wildman–Crippen LogP) is 0.574. The molecule has 0 spiro atoms. The molecule has 2 aromatic rings. The van der Waals surface area contributed by atoms with Gasteiger partial charge in [-0.1, -0.05) is 0 Å². The van der Waals surface area contributed by atoms with Crippen LogP contribution < -0.4 is 10.6 Å². The van der Waals surface area contributed by atoms with Gasteiger partial charge in [0.1, 0.15) is 6.33 Å². The van der Waals surface area contributed by atoms with Crippen LogP contribution >= 0.6 is 0 Å². The van der Waals surface area contributed by atoms with Crippen molar-refractivity contribution in [1.29, 1.82) is 0 Å². The minimum atomic E-state index is 0.217. The van der Waals surface area contributed by atoms with Crippen molar-refractivity contribution in [2.45, 2.75) is 26.3 Å². The average Bonchev–Trinajstić information content (AvgIpc) is 2.77. The third-order valence-electron chi connectivity index (χ3n) is 3.38. The van der Waals surface area contributed by atoms with Gasteiger partial charge in [0.05, 0.1) is 11.4 Å². The first-order valence-electron chi connectivity index (χ1n) is 6.11. The molecule has 1 saturated heterocycles. The molecule has 2 aromatic heterocycles. The van der Waals surface area contributed by atoms with Crippen LogP contribution in [-0.4, -0.2) is 39.1 Å². The van der Waals surface area contributed by atoms with Crippen LogP contribution in [0.1, 0.15) is 17.8 Å². The summed E-state index contributed by atoms with van der Waals surface area (Å²) in [6, 6.07) is 0.217. The number of anilines is 1. The van der Waals surface area contributed by atoms with Gasteiger partial charge in [-0.15, -0.1) is 0 Å². The zero-order valence-electron chi connectivity index (χ0n) is 10.6. The number of aryl methyl sites for hydroxylation is 2. The molecule has 3 rings (SSSR count). The highest BCUT2D eigenvalue weighted by molar-refractivity contribution is 5.82. The fraction of sp³-hybridized carbons (Fsp3) is 0.500. The second kappa shape index (κ2) is 4.13. The quantitative estimate of drug-likeness (QED) is 0.790. The first kappa shape index (κ1) is 11.3. The molecule has 0 radical (unpaired) electrons. The molecule has 0 amide bonds. The normalized spacial score (nSPS) is 19.7. The molecule has 0 aliphatic carbocycles. The van der Waals surface area contributed by atoms with Crippen molar-refractivity contribution in [3.63, 3.8) is 0 Å². The molecule has 0 aromatic carbocycles. The van der Waals surface area contributed by atoms with Crippen LogP contribution in [0.15, 0.2) is 6.33 Å². The summed E-state index contributed by atoms with van der Waals surface area (Å²) in [7, 11) is 0. The maximum Gasteiger partial charge on any atom is 0.183 e. The Morgan fingerprint density at radius 3 is 2.72 bits per heavy atom. The van der Waals surface area contributed by atoms with Gasteiger partial charge >= 0.3 is 0 Å². The van der Waals surface area contributed by atoms with Crippen LogP contribution in [0.4, 0.5) is 5.82 Å². The van der Waals surface area contributed by atoms with Crippen molar-refractivity contribution >= 4 is 17.0 Å². The van der Waals surface area contributed by atoms with E-state index in [1.165, 1.54) is 0 Å². The Labute approximate surface area is 105 Å². The average molecular weight is 244 g/mol. The van der Waals surface area contributed by atoms with E-state index in [0.717, 1.165) is 42.2 Å². The number of rotatable bonds is 1. The number of aromatic nitrogens is 4. The van der Waals surface area contributed by atoms with Crippen LogP contribution in [0.3, 0.4) is 0 Å². The van der Waals surface area contributed by atoms with E-state index < -0.39 is 0 Å². The zero-order valence-corrected chi connectivity index (χ0v) is 10.6. The van der Waals surface area contributed by atoms with Gasteiger partial charge in [0.25, 0.3) is 0 Å². The van der Waals surface area contributed by atoms with Gasteiger partial charge in [-0.3, -0.25) is 0 Å². The Kier molecular flexibility index (Phi) is 2.59. The van der Waals surface area contributed by atoms with Gasteiger partial charge < -0.3 is 10.6 Å². The molecule has 1 fully saturated rings. The minimum Gasteiger partial charge on any atom is -0.353 e. The lowest BCUT2D eigenvalue weighted by Gasteiger charge is -2.17. The maximum atomic E-state index is 5.94. The Balaban J connectivity index is 2.14. The van der Waals surface area contributed by atoms with Crippen molar-refractivity contribution in [3.05, 3.63) is 17.7 Å². The number of nitrogens with zero attached hydrogens (tertiary/aromatic N) is 5. The zero-order chi connectivity index (χ0) is 12.7. The summed E-state index contributed by atoms with van der Waals surface area (Å²) in [5.74, 6) is 0.851. The van der Waals surface area contributed by atoms with E-state index in [0.29, 0.717) is 5.65 Å². The van der Waals surface area contributed by atoms with Crippen molar-refractivity contribution in [2.75, 3.05) is 18.0 Å². The minimum absolute atomic E-state index is 0.217. The Morgan fingerprint density at radius 2 is 2.00 bits per heavy atom. The lowest BCUT2D eigenvalue weighted by molar-refractivity contribution is 0.751. The molecule has 1 aliphatic heterocycles. The highest BCUT2D eigenvalue weighted by Crippen LogP contribution is 2.23. The molecule has 3 heterocycles. The summed E-state index contributed by atoms with van der Waals surface area (Å²) in [6.45, 7) is 5.63. The lowest BCUT2D eigenvalue weighted by atomic mass is 10.3. The number of nitrogens with two attached hydrogens (primary N) is 1. The van der Waals surface area contributed by atoms with E-state index in [1.54, 1.807) is 6.33 Å². The van der Waals surface area contributed by atoms with E-state index in [1.807, 2.05) is 13.8 Å². The highest BCUT2D eigenvalue weighted by atomic mass is 15.2. The fourth-order valence-electron chi connectivity index (χ4n) is 2.24. The van der Waals surface area contributed by atoms with Crippen molar-refractivity contribution in [1.82, 2.24) is 19.9 Å². The molecular formula is C12H16N6. The number of hydrogen-bond donors (Lipinski definition) is 1. The van der Waals surface area contributed by atoms with Crippen LogP contribution in [0, 0.1) is 13.8 Å². The molecule has 94 valence electrons. The second-order valence-corrected chi connectivity index (χ2v) is 4.76. The van der Waals surface area contributed by atoms with Crippen molar-refractivity contribution in [3.8, 4) is 0 Å². The van der Waals surface area contributed by atoms with E-state index in [9.17, 15) is 0 Å². The molecular weight excluding hydrogens is 228 g/mol. The molecule has 18 heavy (non-hydrogen) atoms. The molecule has 0 bridgehead atoms. The lowest BCUT2D eigenvalue weighted by Crippen LogP contribution is -2.27. The van der Waals surface area contributed by atoms with Crippen LogP contribution in [0.25, 0.3) is 11.2 Å². The fourth-order valence-corrected chi connectivity index (χ4v) is 2.24. The van der Waals surface area contributed by atoms with Gasteiger partial charge in [0, 0.05) is 19.1 Å². The standard InChI is InChI=1S/C12H16N6/c1-7-8(2)17-11-10(16-7)12(15-6-14-11)18-4-3-9(13)5-18/h6,9H,3-5,13H2,1-2H3. The topological polar surface area (TPSA) is 80.8 Å². The first-order chi connectivity index (χ1) is 8.65. The van der Waals surface area contributed by atoms with Gasteiger partial charge in [-0.25, -0.2) is 19.9 Å². The van der Waals surface area contributed by atoms with Crippen LogP contribution in [0.5, 0.6) is 0 Å². The molecule has 1 aliphatic rings. The van der Waals surface area contributed by atoms with Gasteiger partial charge in [-0.05, 0) is 20.3 Å². The smallest absolute Gasteiger partial charge is 0.183 e. The number of hydrogen-bond acceptors (Lipinski definition) is 6. The van der Waals surface area contributed by atoms with E-state index in [2.05, 4.69) is 24.8 Å². The summed E-state index contributed by atoms with van der Waals surface area (Å²) in [5.41, 5.74) is 9.19. The monoisotopic (exact) mass is 244 g/mol. The maximum absolute atomic E-state index is 5.94. The summed E-state index contributed by atoms with van der Waals surface area (Å²) in [4.78, 5) is 19.7. The van der Waals surface area contributed by atoms with Crippen LogP contribution in [0.2, 0.25) is 0 Å². The van der Waals surface area contributed by atoms with E-state index >= 15 is 0 Å². The van der Waals surface area contributed by atoms with E-state index in [4.69, 9.17) is 5.73 Å². The first-order valence-corrected chi connectivity index (χ1v) is 6.11. The SMILES string of the molecule is Cc1nc2ncnc(N3CCC(N)C3)c2nc1C. The second-order valence-electron chi connectivity index (χ2n) is 4.76. The van der Waals surface area contributed by atoms with Gasteiger partial charge in [-0.2, -0.15) is 0 Å². The third-order valence-corrected chi connectivity index (χ3v) is 3.38. The van der Waals surface area contributed by atoms with Crippen LogP contribution in [-0.2, 0) is 0 Å². The van der Waals surface area contributed by atoms with E-state index in [-0.39, 0.29) is 6.04 Å². The summed E-state index contributed by atoms with van der Waals surface area (Å²) >= 11 is 0. The highest BCUT2D eigenvalue weighted by Gasteiger charge is 2.23. The van der Waals surface area contributed by atoms with Crippen molar-refractivity contribution < 1.29 is 0 Å². The molecule has 0 saturated carbocycles.